The molecule has 0 amide bonds. The Labute approximate surface area is 84.4 Å². The molecular formula is C13H14O. The average molecular weight is 186 g/mol. The molecular weight excluding hydrogens is 172 g/mol. The second kappa shape index (κ2) is 2.48. The summed E-state index contributed by atoms with van der Waals surface area (Å²) in [7, 11) is 0. The predicted molar refractivity (Wildman–Crippen MR) is 56.9 cm³/mol. The molecule has 1 aromatic rings. The Morgan fingerprint density at radius 3 is 2.86 bits per heavy atom. The minimum atomic E-state index is -0.00859. The van der Waals surface area contributed by atoms with E-state index >= 15 is 0 Å². The summed E-state index contributed by atoms with van der Waals surface area (Å²) in [6, 6.07) is 8.54. The number of epoxide rings is 1. The zero-order valence-corrected chi connectivity index (χ0v) is 8.53. The van der Waals surface area contributed by atoms with Gasteiger partial charge in [0.2, 0.25) is 0 Å². The first-order valence-electron chi connectivity index (χ1n) is 5.20. The molecule has 72 valence electrons. The molecule has 2 aliphatic rings. The maximum absolute atomic E-state index is 5.87. The quantitative estimate of drug-likeness (QED) is 0.614. The Balaban J connectivity index is 2.19. The van der Waals surface area contributed by atoms with Crippen LogP contribution in [0.5, 0.6) is 0 Å². The molecule has 2 atom stereocenters. The van der Waals surface area contributed by atoms with Gasteiger partial charge in [-0.15, -0.1) is 0 Å². The second-order valence-electron chi connectivity index (χ2n) is 4.43. The van der Waals surface area contributed by atoms with E-state index in [0.29, 0.717) is 12.0 Å². The predicted octanol–water partition coefficient (Wildman–Crippen LogP) is 2.96. The van der Waals surface area contributed by atoms with Crippen molar-refractivity contribution in [3.63, 3.8) is 0 Å². The molecule has 1 heterocycles. The lowest BCUT2D eigenvalue weighted by molar-refractivity contribution is 0.240. The summed E-state index contributed by atoms with van der Waals surface area (Å²) >= 11 is 0. The van der Waals surface area contributed by atoms with E-state index in [1.807, 2.05) is 0 Å². The van der Waals surface area contributed by atoms with Crippen molar-refractivity contribution >= 4 is 6.08 Å². The van der Waals surface area contributed by atoms with Gasteiger partial charge in [0.25, 0.3) is 0 Å². The lowest BCUT2D eigenvalue weighted by Crippen LogP contribution is -2.22. The van der Waals surface area contributed by atoms with Crippen molar-refractivity contribution in [3.05, 3.63) is 41.5 Å². The van der Waals surface area contributed by atoms with E-state index in [0.717, 1.165) is 0 Å². The van der Waals surface area contributed by atoms with Gasteiger partial charge in [0, 0.05) is 0 Å². The number of benzene rings is 1. The SMILES string of the molecule is CC(C)C12OC1C=Cc1ccccc12. The molecule has 0 saturated carbocycles. The second-order valence-corrected chi connectivity index (χ2v) is 4.43. The summed E-state index contributed by atoms with van der Waals surface area (Å²) < 4.78 is 5.87. The molecule has 1 heteroatoms. The van der Waals surface area contributed by atoms with Crippen molar-refractivity contribution in [1.82, 2.24) is 0 Å². The van der Waals surface area contributed by atoms with Gasteiger partial charge in [-0.3, -0.25) is 0 Å². The van der Waals surface area contributed by atoms with Crippen LogP contribution in [0.1, 0.15) is 25.0 Å². The van der Waals surface area contributed by atoms with Crippen LogP contribution in [-0.4, -0.2) is 6.10 Å². The van der Waals surface area contributed by atoms with Crippen molar-refractivity contribution in [3.8, 4) is 0 Å². The molecule has 14 heavy (non-hydrogen) atoms. The van der Waals surface area contributed by atoms with Gasteiger partial charge >= 0.3 is 0 Å². The topological polar surface area (TPSA) is 12.5 Å². The van der Waals surface area contributed by atoms with Gasteiger partial charge < -0.3 is 4.74 Å². The smallest absolute Gasteiger partial charge is 0.127 e. The Bertz CT molecular complexity index is 405. The number of hydrogen-bond donors (Lipinski definition) is 0. The fourth-order valence-electron chi connectivity index (χ4n) is 2.54. The normalized spacial score (nSPS) is 32.6. The third-order valence-electron chi connectivity index (χ3n) is 3.38. The molecule has 0 aromatic heterocycles. The summed E-state index contributed by atoms with van der Waals surface area (Å²) in [5.74, 6) is 0.540. The van der Waals surface area contributed by atoms with Crippen LogP contribution in [-0.2, 0) is 10.3 Å². The Hall–Kier alpha value is -1.08. The van der Waals surface area contributed by atoms with Gasteiger partial charge in [0.15, 0.2) is 0 Å². The molecule has 1 aliphatic carbocycles. The van der Waals surface area contributed by atoms with E-state index in [2.05, 4.69) is 50.3 Å². The molecule has 1 aliphatic heterocycles. The summed E-state index contributed by atoms with van der Waals surface area (Å²) in [6.45, 7) is 4.46. The highest BCUT2D eigenvalue weighted by molar-refractivity contribution is 5.62. The first-order valence-corrected chi connectivity index (χ1v) is 5.20. The monoisotopic (exact) mass is 186 g/mol. The Kier molecular flexibility index (Phi) is 1.46. The first-order chi connectivity index (χ1) is 6.75. The standard InChI is InChI=1S/C13H14O/c1-9(2)13-11-6-4-3-5-10(11)7-8-12(13)14-13/h3-9,12H,1-2H3. The highest BCUT2D eigenvalue weighted by Gasteiger charge is 2.60. The van der Waals surface area contributed by atoms with Gasteiger partial charge in [-0.25, -0.2) is 0 Å². The molecule has 0 spiro atoms. The zero-order valence-electron chi connectivity index (χ0n) is 8.53. The lowest BCUT2D eigenvalue weighted by atomic mass is 9.80. The fraction of sp³-hybridized carbons (Fsp3) is 0.385. The number of rotatable bonds is 1. The third kappa shape index (κ3) is 0.833. The molecule has 0 bridgehead atoms. The van der Waals surface area contributed by atoms with E-state index in [9.17, 15) is 0 Å². The average Bonchev–Trinajstić information content (AvgIpc) is 2.93. The Morgan fingerprint density at radius 2 is 2.07 bits per heavy atom. The van der Waals surface area contributed by atoms with E-state index in [-0.39, 0.29) is 5.60 Å². The molecule has 1 saturated heterocycles. The van der Waals surface area contributed by atoms with Crippen molar-refractivity contribution in [2.24, 2.45) is 5.92 Å². The Morgan fingerprint density at radius 1 is 1.29 bits per heavy atom. The molecule has 0 radical (unpaired) electrons. The molecule has 1 nitrogen and oxygen atoms in total. The van der Waals surface area contributed by atoms with E-state index in [1.54, 1.807) is 0 Å². The molecule has 1 aromatic carbocycles. The molecule has 3 rings (SSSR count). The van der Waals surface area contributed by atoms with Crippen LogP contribution in [0.25, 0.3) is 6.08 Å². The number of ether oxygens (including phenoxy) is 1. The van der Waals surface area contributed by atoms with Gasteiger partial charge in [-0.1, -0.05) is 50.3 Å². The van der Waals surface area contributed by atoms with Gasteiger partial charge in [0.1, 0.15) is 11.7 Å². The van der Waals surface area contributed by atoms with Crippen LogP contribution in [0.4, 0.5) is 0 Å². The summed E-state index contributed by atoms with van der Waals surface area (Å²) in [5.41, 5.74) is 2.67. The van der Waals surface area contributed by atoms with Crippen molar-refractivity contribution in [2.45, 2.75) is 25.6 Å². The van der Waals surface area contributed by atoms with Crippen LogP contribution in [0.2, 0.25) is 0 Å². The zero-order chi connectivity index (χ0) is 9.76. The third-order valence-corrected chi connectivity index (χ3v) is 3.38. The molecule has 2 unspecified atom stereocenters. The van der Waals surface area contributed by atoms with E-state index in [1.165, 1.54) is 11.1 Å². The largest absolute Gasteiger partial charge is 0.356 e. The van der Waals surface area contributed by atoms with E-state index in [4.69, 9.17) is 4.74 Å². The van der Waals surface area contributed by atoms with Crippen LogP contribution in [0, 0.1) is 5.92 Å². The summed E-state index contributed by atoms with van der Waals surface area (Å²) in [5, 5.41) is 0. The minimum absolute atomic E-state index is 0.00859. The number of fused-ring (bicyclic) bond motifs is 3. The highest BCUT2D eigenvalue weighted by Crippen LogP contribution is 2.55. The van der Waals surface area contributed by atoms with Crippen LogP contribution >= 0.6 is 0 Å². The summed E-state index contributed by atoms with van der Waals surface area (Å²) in [6.07, 6.45) is 4.67. The van der Waals surface area contributed by atoms with E-state index < -0.39 is 0 Å². The maximum Gasteiger partial charge on any atom is 0.127 e. The highest BCUT2D eigenvalue weighted by atomic mass is 16.6. The summed E-state index contributed by atoms with van der Waals surface area (Å²) in [4.78, 5) is 0. The van der Waals surface area contributed by atoms with Gasteiger partial charge in [-0.2, -0.15) is 0 Å². The molecule has 1 fully saturated rings. The maximum atomic E-state index is 5.87. The van der Waals surface area contributed by atoms with Crippen molar-refractivity contribution in [1.29, 1.82) is 0 Å². The van der Waals surface area contributed by atoms with Crippen molar-refractivity contribution in [2.75, 3.05) is 0 Å². The lowest BCUT2D eigenvalue weighted by Gasteiger charge is -2.21. The molecule has 0 N–H and O–H groups in total. The van der Waals surface area contributed by atoms with Gasteiger partial charge in [-0.05, 0) is 17.0 Å². The van der Waals surface area contributed by atoms with Gasteiger partial charge in [0.05, 0.1) is 0 Å². The van der Waals surface area contributed by atoms with Crippen LogP contribution < -0.4 is 0 Å². The van der Waals surface area contributed by atoms with Crippen molar-refractivity contribution < 1.29 is 4.74 Å². The van der Waals surface area contributed by atoms with Crippen LogP contribution in [0.3, 0.4) is 0 Å². The fourth-order valence-corrected chi connectivity index (χ4v) is 2.54. The first kappa shape index (κ1) is 8.25. The van der Waals surface area contributed by atoms with Crippen LogP contribution in [0.15, 0.2) is 30.3 Å². The number of hydrogen-bond acceptors (Lipinski definition) is 1. The minimum Gasteiger partial charge on any atom is -0.356 e.